The third-order valence-electron chi connectivity index (χ3n) is 3.27. The molecule has 1 saturated heterocycles. The molecule has 1 aliphatic heterocycles. The molecule has 110 valence electrons. The summed E-state index contributed by atoms with van der Waals surface area (Å²) in [7, 11) is 1.61. The van der Waals surface area contributed by atoms with Gasteiger partial charge in [0.15, 0.2) is 0 Å². The van der Waals surface area contributed by atoms with Gasteiger partial charge in [-0.1, -0.05) is 0 Å². The third kappa shape index (κ3) is 5.15. The zero-order valence-electron chi connectivity index (χ0n) is 11.0. The maximum Gasteiger partial charge on any atom is 0.123 e. The summed E-state index contributed by atoms with van der Waals surface area (Å²) in [6.45, 7) is 2.68. The van der Waals surface area contributed by atoms with Crippen LogP contribution in [-0.4, -0.2) is 31.1 Å². The van der Waals surface area contributed by atoms with Crippen LogP contribution in [0.5, 0.6) is 5.75 Å². The average molecular weight is 311 g/mol. The Labute approximate surface area is 126 Å². The first kappa shape index (κ1) is 18.4. The summed E-state index contributed by atoms with van der Waals surface area (Å²) < 4.78 is 18.5. The third-order valence-corrected chi connectivity index (χ3v) is 3.27. The average Bonchev–Trinajstić information content (AvgIpc) is 2.32. The predicted octanol–water partition coefficient (Wildman–Crippen LogP) is 2.60. The fourth-order valence-electron chi connectivity index (χ4n) is 2.22. The Morgan fingerprint density at radius 2 is 1.95 bits per heavy atom. The first-order valence-corrected chi connectivity index (χ1v) is 5.99. The van der Waals surface area contributed by atoms with Gasteiger partial charge in [-0.3, -0.25) is 4.90 Å². The monoisotopic (exact) mass is 310 g/mol. The van der Waals surface area contributed by atoms with E-state index in [1.54, 1.807) is 19.2 Å². The summed E-state index contributed by atoms with van der Waals surface area (Å²) in [4.78, 5) is 2.29. The van der Waals surface area contributed by atoms with E-state index in [0.717, 1.165) is 43.8 Å². The lowest BCUT2D eigenvalue weighted by atomic mass is 10.1. The van der Waals surface area contributed by atoms with E-state index < -0.39 is 0 Å². The molecular formula is C13H21Cl2FN2O. The SMILES string of the molecule is COc1ccc(F)cc1CN1CCC(N)CC1.Cl.Cl. The first-order valence-electron chi connectivity index (χ1n) is 5.99. The van der Waals surface area contributed by atoms with Crippen LogP contribution in [0.2, 0.25) is 0 Å². The fourth-order valence-corrected chi connectivity index (χ4v) is 2.22. The van der Waals surface area contributed by atoms with Crippen molar-refractivity contribution < 1.29 is 9.13 Å². The van der Waals surface area contributed by atoms with Gasteiger partial charge in [0.2, 0.25) is 0 Å². The Kier molecular flexibility index (Phi) is 8.34. The van der Waals surface area contributed by atoms with E-state index in [2.05, 4.69) is 4.90 Å². The van der Waals surface area contributed by atoms with Gasteiger partial charge < -0.3 is 10.5 Å². The number of ether oxygens (including phenoxy) is 1. The quantitative estimate of drug-likeness (QED) is 0.932. The second kappa shape index (κ2) is 8.59. The Hall–Kier alpha value is -0.550. The van der Waals surface area contributed by atoms with Gasteiger partial charge in [-0.05, 0) is 44.1 Å². The first-order chi connectivity index (χ1) is 8.19. The van der Waals surface area contributed by atoms with E-state index in [1.165, 1.54) is 6.07 Å². The number of likely N-dealkylation sites (tertiary alicyclic amines) is 1. The molecule has 0 atom stereocenters. The minimum Gasteiger partial charge on any atom is -0.496 e. The van der Waals surface area contributed by atoms with Gasteiger partial charge in [0.1, 0.15) is 11.6 Å². The van der Waals surface area contributed by atoms with Crippen molar-refractivity contribution in [3.05, 3.63) is 29.6 Å². The van der Waals surface area contributed by atoms with E-state index >= 15 is 0 Å². The molecule has 0 amide bonds. The Morgan fingerprint density at radius 3 is 2.53 bits per heavy atom. The summed E-state index contributed by atoms with van der Waals surface area (Å²) >= 11 is 0. The van der Waals surface area contributed by atoms with Crippen molar-refractivity contribution in [2.45, 2.75) is 25.4 Å². The van der Waals surface area contributed by atoms with Crippen LogP contribution < -0.4 is 10.5 Å². The number of benzene rings is 1. The van der Waals surface area contributed by atoms with Crippen molar-refractivity contribution in [3.8, 4) is 5.75 Å². The minimum absolute atomic E-state index is 0. The zero-order valence-corrected chi connectivity index (χ0v) is 12.6. The molecule has 0 unspecified atom stereocenters. The van der Waals surface area contributed by atoms with Gasteiger partial charge in [-0.15, -0.1) is 24.8 Å². The highest BCUT2D eigenvalue weighted by Gasteiger charge is 2.17. The zero-order chi connectivity index (χ0) is 12.3. The number of rotatable bonds is 3. The maximum absolute atomic E-state index is 13.2. The molecule has 19 heavy (non-hydrogen) atoms. The van der Waals surface area contributed by atoms with Gasteiger partial charge in [0.25, 0.3) is 0 Å². The molecule has 0 saturated carbocycles. The molecule has 1 aromatic carbocycles. The molecule has 1 aliphatic rings. The molecular weight excluding hydrogens is 290 g/mol. The largest absolute Gasteiger partial charge is 0.496 e. The molecule has 2 N–H and O–H groups in total. The van der Waals surface area contributed by atoms with Crippen LogP contribution >= 0.6 is 24.8 Å². The molecule has 0 aliphatic carbocycles. The highest BCUT2D eigenvalue weighted by molar-refractivity contribution is 5.85. The lowest BCUT2D eigenvalue weighted by Crippen LogP contribution is -2.39. The van der Waals surface area contributed by atoms with Crippen molar-refractivity contribution in [3.63, 3.8) is 0 Å². The molecule has 0 aromatic heterocycles. The predicted molar refractivity (Wildman–Crippen MR) is 79.9 cm³/mol. The standard InChI is InChI=1S/C13H19FN2O.2ClH/c1-17-13-3-2-11(14)8-10(13)9-16-6-4-12(15)5-7-16;;/h2-3,8,12H,4-7,9,15H2,1H3;2*1H. The number of nitrogens with two attached hydrogens (primary N) is 1. The van der Waals surface area contributed by atoms with E-state index in [-0.39, 0.29) is 30.6 Å². The molecule has 0 radical (unpaired) electrons. The molecule has 0 spiro atoms. The van der Waals surface area contributed by atoms with Gasteiger partial charge in [0, 0.05) is 18.2 Å². The number of halogens is 3. The number of hydrogen-bond acceptors (Lipinski definition) is 3. The topological polar surface area (TPSA) is 38.5 Å². The molecule has 2 rings (SSSR count). The van der Waals surface area contributed by atoms with E-state index in [0.29, 0.717) is 6.04 Å². The Balaban J connectivity index is 0.00000162. The van der Waals surface area contributed by atoms with Crippen LogP contribution in [0, 0.1) is 5.82 Å². The van der Waals surface area contributed by atoms with Crippen molar-refractivity contribution in [1.29, 1.82) is 0 Å². The maximum atomic E-state index is 13.2. The number of methoxy groups -OCH3 is 1. The highest BCUT2D eigenvalue weighted by atomic mass is 35.5. The molecule has 1 fully saturated rings. The summed E-state index contributed by atoms with van der Waals surface area (Å²) in [5.41, 5.74) is 6.76. The van der Waals surface area contributed by atoms with Gasteiger partial charge in [-0.25, -0.2) is 4.39 Å². The van der Waals surface area contributed by atoms with Gasteiger partial charge >= 0.3 is 0 Å². The van der Waals surface area contributed by atoms with Gasteiger partial charge in [-0.2, -0.15) is 0 Å². The number of nitrogens with zero attached hydrogens (tertiary/aromatic N) is 1. The van der Waals surface area contributed by atoms with Crippen LogP contribution in [-0.2, 0) is 6.54 Å². The molecule has 0 bridgehead atoms. The van der Waals surface area contributed by atoms with Crippen molar-refractivity contribution in [2.75, 3.05) is 20.2 Å². The number of hydrogen-bond donors (Lipinski definition) is 1. The molecule has 1 heterocycles. The summed E-state index contributed by atoms with van der Waals surface area (Å²) in [6, 6.07) is 4.97. The second-order valence-corrected chi connectivity index (χ2v) is 4.57. The van der Waals surface area contributed by atoms with Crippen LogP contribution in [0.25, 0.3) is 0 Å². The van der Waals surface area contributed by atoms with Crippen molar-refractivity contribution in [1.82, 2.24) is 4.90 Å². The van der Waals surface area contributed by atoms with Crippen LogP contribution in [0.15, 0.2) is 18.2 Å². The Morgan fingerprint density at radius 1 is 1.32 bits per heavy atom. The normalized spacial score (nSPS) is 16.4. The van der Waals surface area contributed by atoms with Crippen LogP contribution in [0.1, 0.15) is 18.4 Å². The lowest BCUT2D eigenvalue weighted by Gasteiger charge is -2.30. The van der Waals surface area contributed by atoms with Gasteiger partial charge in [0.05, 0.1) is 7.11 Å². The Bertz CT molecular complexity index is 385. The smallest absolute Gasteiger partial charge is 0.123 e. The fraction of sp³-hybridized carbons (Fsp3) is 0.538. The van der Waals surface area contributed by atoms with Crippen LogP contribution in [0.4, 0.5) is 4.39 Å². The molecule has 3 nitrogen and oxygen atoms in total. The molecule has 6 heteroatoms. The second-order valence-electron chi connectivity index (χ2n) is 4.57. The summed E-state index contributed by atoms with van der Waals surface area (Å²) in [6.07, 6.45) is 2.02. The van der Waals surface area contributed by atoms with E-state index in [9.17, 15) is 4.39 Å². The van der Waals surface area contributed by atoms with Crippen molar-refractivity contribution in [2.24, 2.45) is 5.73 Å². The van der Waals surface area contributed by atoms with E-state index in [4.69, 9.17) is 10.5 Å². The highest BCUT2D eigenvalue weighted by Crippen LogP contribution is 2.22. The minimum atomic E-state index is -0.213. The number of piperidine rings is 1. The van der Waals surface area contributed by atoms with Crippen LogP contribution in [0.3, 0.4) is 0 Å². The van der Waals surface area contributed by atoms with E-state index in [1.807, 2.05) is 0 Å². The summed E-state index contributed by atoms with van der Waals surface area (Å²) in [5, 5.41) is 0. The summed E-state index contributed by atoms with van der Waals surface area (Å²) in [5.74, 6) is 0.538. The lowest BCUT2D eigenvalue weighted by molar-refractivity contribution is 0.203. The van der Waals surface area contributed by atoms with Crippen molar-refractivity contribution >= 4 is 24.8 Å². The molecule has 1 aromatic rings.